The molecule has 156 valence electrons. The Morgan fingerprint density at radius 1 is 1.31 bits per heavy atom. The first-order valence-corrected chi connectivity index (χ1v) is 9.58. The van der Waals surface area contributed by atoms with Gasteiger partial charge in [0.1, 0.15) is 5.69 Å². The maximum Gasteiger partial charge on any atom is 0.290 e. The number of aromatic nitrogens is 3. The normalized spacial score (nSPS) is 17.9. The van der Waals surface area contributed by atoms with Crippen LogP contribution in [0.5, 0.6) is 0 Å². The molecule has 1 amide bonds. The number of aryl methyl sites for hydroxylation is 1. The molecule has 29 heavy (non-hydrogen) atoms. The molecule has 1 N–H and O–H groups in total. The molecule has 2 aromatic heterocycles. The summed E-state index contributed by atoms with van der Waals surface area (Å²) in [6.45, 7) is 2.17. The number of amides is 1. The average Bonchev–Trinajstić information content (AvgIpc) is 3.43. The van der Waals surface area contributed by atoms with Crippen LogP contribution in [-0.2, 0) is 30.2 Å². The van der Waals surface area contributed by atoms with Gasteiger partial charge in [-0.15, -0.1) is 0 Å². The molecular weight excluding hydrogens is 376 g/mol. The third-order valence-corrected chi connectivity index (χ3v) is 5.19. The highest BCUT2D eigenvalue weighted by molar-refractivity contribution is 5.92. The lowest BCUT2D eigenvalue weighted by molar-refractivity contribution is -0.122. The zero-order valence-corrected chi connectivity index (χ0v) is 16.7. The Morgan fingerprint density at radius 3 is 2.72 bits per heavy atom. The van der Waals surface area contributed by atoms with Crippen LogP contribution in [0, 0.1) is 5.92 Å². The highest BCUT2D eigenvalue weighted by Crippen LogP contribution is 2.31. The van der Waals surface area contributed by atoms with Crippen molar-refractivity contribution in [3.05, 3.63) is 51.7 Å². The maximum atomic E-state index is 13.0. The number of fused-ring (bicyclic) bond motifs is 1. The average molecular weight is 402 g/mol. The first-order valence-electron chi connectivity index (χ1n) is 9.58. The van der Waals surface area contributed by atoms with Gasteiger partial charge in [-0.3, -0.25) is 19.1 Å². The second-order valence-electron chi connectivity index (χ2n) is 7.49. The van der Waals surface area contributed by atoms with Crippen LogP contribution in [0.4, 0.5) is 0 Å². The largest absolute Gasteiger partial charge is 0.483 e. The van der Waals surface area contributed by atoms with E-state index in [4.69, 9.17) is 14.6 Å². The van der Waals surface area contributed by atoms with Crippen molar-refractivity contribution in [1.29, 1.82) is 0 Å². The van der Waals surface area contributed by atoms with E-state index in [1.54, 1.807) is 28.8 Å². The Kier molecular flexibility index (Phi) is 6.48. The highest BCUT2D eigenvalue weighted by atomic mass is 16.5. The van der Waals surface area contributed by atoms with Crippen molar-refractivity contribution in [2.45, 2.75) is 25.3 Å². The lowest BCUT2D eigenvalue weighted by atomic mass is 9.97. The number of hydrogen-bond acceptors (Lipinski definition) is 5. The minimum absolute atomic E-state index is 0.0587. The zero-order valence-electron chi connectivity index (χ0n) is 16.7. The smallest absolute Gasteiger partial charge is 0.290 e. The van der Waals surface area contributed by atoms with Gasteiger partial charge in [-0.2, -0.15) is 5.10 Å². The minimum atomic E-state index is -0.250. The Bertz CT molecular complexity index is 931. The van der Waals surface area contributed by atoms with Gasteiger partial charge in [0, 0.05) is 57.5 Å². The molecule has 1 fully saturated rings. The summed E-state index contributed by atoms with van der Waals surface area (Å²) in [5.41, 5.74) is 2.30. The van der Waals surface area contributed by atoms with E-state index < -0.39 is 0 Å². The molecule has 1 aliphatic heterocycles. The summed E-state index contributed by atoms with van der Waals surface area (Å²) in [6.07, 6.45) is 4.48. The second kappa shape index (κ2) is 9.04. The standard InChI is InChI=1S/C19H24N4O3.CH2O2/c1-21-8-14-9-23(19(25)16-4-3-5-17(24)22(16)2)10-15(18(14)20-21)12-26-11-13-6-7-13;2-1-3/h3-5,8,13,15H,6-7,9-12H2,1-2H3;1H,(H,2,3). The van der Waals surface area contributed by atoms with E-state index >= 15 is 0 Å². The van der Waals surface area contributed by atoms with Crippen LogP contribution in [0.15, 0.2) is 29.2 Å². The third-order valence-electron chi connectivity index (χ3n) is 5.19. The van der Waals surface area contributed by atoms with E-state index in [2.05, 4.69) is 5.10 Å². The van der Waals surface area contributed by atoms with Gasteiger partial charge in [-0.25, -0.2) is 0 Å². The molecule has 9 nitrogen and oxygen atoms in total. The van der Waals surface area contributed by atoms with Gasteiger partial charge in [0.2, 0.25) is 0 Å². The lowest BCUT2D eigenvalue weighted by Gasteiger charge is -2.32. The molecule has 1 aliphatic carbocycles. The molecular formula is C20H26N4O5. The number of ether oxygens (including phenoxy) is 1. The van der Waals surface area contributed by atoms with Gasteiger partial charge in [0.25, 0.3) is 17.9 Å². The number of pyridine rings is 1. The molecule has 1 saturated carbocycles. The van der Waals surface area contributed by atoms with Crippen LogP contribution >= 0.6 is 0 Å². The maximum absolute atomic E-state index is 13.0. The van der Waals surface area contributed by atoms with Crippen molar-refractivity contribution in [2.75, 3.05) is 19.8 Å². The van der Waals surface area contributed by atoms with Crippen LogP contribution in [0.1, 0.15) is 40.5 Å². The molecule has 2 aliphatic rings. The Labute approximate surface area is 168 Å². The summed E-state index contributed by atoms with van der Waals surface area (Å²) in [7, 11) is 3.53. The van der Waals surface area contributed by atoms with E-state index in [-0.39, 0.29) is 23.9 Å². The fourth-order valence-electron chi connectivity index (χ4n) is 3.53. The summed E-state index contributed by atoms with van der Waals surface area (Å²) in [5, 5.41) is 11.5. The van der Waals surface area contributed by atoms with E-state index in [1.807, 2.05) is 13.2 Å². The van der Waals surface area contributed by atoms with E-state index in [9.17, 15) is 9.59 Å². The first-order chi connectivity index (χ1) is 13.9. The summed E-state index contributed by atoms with van der Waals surface area (Å²) in [5.74, 6) is 0.633. The molecule has 3 heterocycles. The van der Waals surface area contributed by atoms with Crippen LogP contribution < -0.4 is 5.56 Å². The zero-order chi connectivity index (χ0) is 21.0. The van der Waals surface area contributed by atoms with E-state index in [0.717, 1.165) is 17.9 Å². The highest BCUT2D eigenvalue weighted by Gasteiger charge is 2.32. The minimum Gasteiger partial charge on any atom is -0.483 e. The lowest BCUT2D eigenvalue weighted by Crippen LogP contribution is -2.41. The van der Waals surface area contributed by atoms with Gasteiger partial charge < -0.3 is 19.3 Å². The van der Waals surface area contributed by atoms with E-state index in [0.29, 0.717) is 31.3 Å². The molecule has 2 aromatic rings. The van der Waals surface area contributed by atoms with Gasteiger partial charge in [-0.1, -0.05) is 6.07 Å². The van der Waals surface area contributed by atoms with Crippen LogP contribution in [-0.4, -0.2) is 56.5 Å². The number of carbonyl (C=O) groups is 2. The van der Waals surface area contributed by atoms with E-state index in [1.165, 1.54) is 23.5 Å². The van der Waals surface area contributed by atoms with Crippen molar-refractivity contribution in [3.8, 4) is 0 Å². The van der Waals surface area contributed by atoms with Crippen molar-refractivity contribution < 1.29 is 19.4 Å². The summed E-state index contributed by atoms with van der Waals surface area (Å²) in [6, 6.07) is 4.78. The number of hydrogen-bond donors (Lipinski definition) is 1. The predicted octanol–water partition coefficient (Wildman–Crippen LogP) is 0.986. The third kappa shape index (κ3) is 4.92. The molecule has 1 unspecified atom stereocenters. The van der Waals surface area contributed by atoms with Crippen LogP contribution in [0.25, 0.3) is 0 Å². The predicted molar refractivity (Wildman–Crippen MR) is 105 cm³/mol. The second-order valence-corrected chi connectivity index (χ2v) is 7.49. The van der Waals surface area contributed by atoms with Gasteiger partial charge in [0.05, 0.1) is 12.3 Å². The Morgan fingerprint density at radius 2 is 2.03 bits per heavy atom. The molecule has 0 saturated heterocycles. The molecule has 0 radical (unpaired) electrons. The van der Waals surface area contributed by atoms with Crippen molar-refractivity contribution in [1.82, 2.24) is 19.2 Å². The number of carbonyl (C=O) groups excluding carboxylic acids is 1. The molecule has 9 heteroatoms. The molecule has 0 aromatic carbocycles. The molecule has 0 spiro atoms. The quantitative estimate of drug-likeness (QED) is 0.748. The van der Waals surface area contributed by atoms with Crippen molar-refractivity contribution in [3.63, 3.8) is 0 Å². The number of rotatable bonds is 5. The van der Waals surface area contributed by atoms with Crippen LogP contribution in [0.3, 0.4) is 0 Å². The topological polar surface area (TPSA) is 107 Å². The number of carboxylic acid groups (broad SMARTS) is 1. The molecule has 0 bridgehead atoms. The van der Waals surface area contributed by atoms with Crippen LogP contribution in [0.2, 0.25) is 0 Å². The monoisotopic (exact) mass is 402 g/mol. The van der Waals surface area contributed by atoms with Crippen molar-refractivity contribution in [2.24, 2.45) is 20.0 Å². The van der Waals surface area contributed by atoms with Crippen molar-refractivity contribution >= 4 is 12.4 Å². The van der Waals surface area contributed by atoms with Gasteiger partial charge in [-0.05, 0) is 24.8 Å². The summed E-state index contributed by atoms with van der Waals surface area (Å²) < 4.78 is 9.10. The van der Waals surface area contributed by atoms with Gasteiger partial charge >= 0.3 is 0 Å². The first kappa shape index (κ1) is 20.8. The fraction of sp³-hybridized carbons (Fsp3) is 0.500. The SMILES string of the molecule is Cn1cc2c(n1)C(COCC1CC1)CN(C(=O)c1cccc(=O)n1C)C2.O=CO. The molecule has 1 atom stereocenters. The summed E-state index contributed by atoms with van der Waals surface area (Å²) in [4.78, 5) is 35.0. The Hall–Kier alpha value is -2.94. The Balaban J connectivity index is 0.000000755. The van der Waals surface area contributed by atoms with Gasteiger partial charge in [0.15, 0.2) is 0 Å². The fourth-order valence-corrected chi connectivity index (χ4v) is 3.53. The molecule has 4 rings (SSSR count). The number of nitrogens with zero attached hydrogens (tertiary/aromatic N) is 4. The summed E-state index contributed by atoms with van der Waals surface area (Å²) >= 11 is 0.